The minimum Gasteiger partial charge on any atom is -0.328 e. The molecule has 0 radical (unpaired) electrons. The molecule has 5 heteroatoms. The van der Waals surface area contributed by atoms with Crippen molar-refractivity contribution >= 4 is 5.65 Å². The fourth-order valence-corrected chi connectivity index (χ4v) is 3.12. The van der Waals surface area contributed by atoms with Gasteiger partial charge in [0.1, 0.15) is 11.5 Å². The molecule has 0 aliphatic carbocycles. The average molecular weight is 346 g/mol. The van der Waals surface area contributed by atoms with Crippen LogP contribution in [0.4, 0.5) is 4.39 Å². The molecule has 0 aliphatic heterocycles. The highest BCUT2D eigenvalue weighted by Gasteiger charge is 2.09. The van der Waals surface area contributed by atoms with Gasteiger partial charge in [-0.25, -0.2) is 9.37 Å². The monoisotopic (exact) mass is 346 g/mol. The van der Waals surface area contributed by atoms with E-state index in [1.165, 1.54) is 12.1 Å². The van der Waals surface area contributed by atoms with Crippen molar-refractivity contribution in [2.24, 2.45) is 5.73 Å². The van der Waals surface area contributed by atoms with Crippen LogP contribution in [0.25, 0.3) is 28.0 Å². The second kappa shape index (κ2) is 6.69. The van der Waals surface area contributed by atoms with Gasteiger partial charge in [0.25, 0.3) is 0 Å². The zero-order valence-corrected chi connectivity index (χ0v) is 14.4. The molecule has 3 aromatic heterocycles. The molecular formula is C21H19FN4. The number of halogens is 1. The Morgan fingerprint density at radius 2 is 1.88 bits per heavy atom. The maximum atomic E-state index is 13.5. The van der Waals surface area contributed by atoms with Gasteiger partial charge < -0.3 is 5.73 Å². The molecule has 26 heavy (non-hydrogen) atoms. The van der Waals surface area contributed by atoms with Crippen molar-refractivity contribution in [3.05, 3.63) is 78.6 Å². The maximum Gasteiger partial charge on any atom is 0.137 e. The van der Waals surface area contributed by atoms with E-state index in [-0.39, 0.29) is 11.9 Å². The van der Waals surface area contributed by atoms with Crippen molar-refractivity contribution in [2.75, 3.05) is 0 Å². The van der Waals surface area contributed by atoms with Gasteiger partial charge in [-0.3, -0.25) is 9.38 Å². The number of hydrogen-bond donors (Lipinski definition) is 1. The van der Waals surface area contributed by atoms with Gasteiger partial charge in [0.05, 0.1) is 11.9 Å². The van der Waals surface area contributed by atoms with Crippen molar-refractivity contribution in [2.45, 2.75) is 19.4 Å². The number of fused-ring (bicyclic) bond motifs is 1. The number of aromatic nitrogens is 3. The molecule has 0 amide bonds. The predicted molar refractivity (Wildman–Crippen MR) is 101 cm³/mol. The third-order valence-corrected chi connectivity index (χ3v) is 4.31. The Balaban J connectivity index is 1.73. The van der Waals surface area contributed by atoms with E-state index in [4.69, 9.17) is 5.73 Å². The summed E-state index contributed by atoms with van der Waals surface area (Å²) in [4.78, 5) is 8.87. The first-order valence-corrected chi connectivity index (χ1v) is 8.54. The number of benzene rings is 1. The van der Waals surface area contributed by atoms with Gasteiger partial charge in [-0.05, 0) is 54.4 Å². The first-order chi connectivity index (χ1) is 12.6. The molecule has 4 rings (SSSR count). The van der Waals surface area contributed by atoms with Crippen LogP contribution in [0.3, 0.4) is 0 Å². The number of imidazole rings is 1. The third kappa shape index (κ3) is 3.21. The first-order valence-electron chi connectivity index (χ1n) is 8.54. The van der Waals surface area contributed by atoms with Crippen LogP contribution in [0.5, 0.6) is 0 Å². The lowest BCUT2D eigenvalue weighted by Crippen LogP contribution is -2.18. The highest BCUT2D eigenvalue weighted by Crippen LogP contribution is 2.26. The highest BCUT2D eigenvalue weighted by atomic mass is 19.1. The number of rotatable bonds is 4. The molecule has 1 aromatic carbocycles. The molecule has 4 aromatic rings. The molecule has 0 saturated carbocycles. The molecule has 3 heterocycles. The van der Waals surface area contributed by atoms with Crippen LogP contribution < -0.4 is 5.73 Å². The predicted octanol–water partition coefficient (Wildman–Crippen LogP) is 4.09. The van der Waals surface area contributed by atoms with Gasteiger partial charge >= 0.3 is 0 Å². The summed E-state index contributed by atoms with van der Waals surface area (Å²) < 4.78 is 15.5. The molecule has 0 saturated heterocycles. The summed E-state index contributed by atoms with van der Waals surface area (Å²) in [5.74, 6) is -0.257. The summed E-state index contributed by atoms with van der Waals surface area (Å²) in [6.45, 7) is 1.97. The maximum absolute atomic E-state index is 13.5. The molecule has 2 N–H and O–H groups in total. The van der Waals surface area contributed by atoms with Crippen LogP contribution in [0, 0.1) is 5.82 Å². The lowest BCUT2D eigenvalue weighted by Gasteiger charge is -2.08. The zero-order valence-electron chi connectivity index (χ0n) is 14.4. The topological polar surface area (TPSA) is 56.2 Å². The van der Waals surface area contributed by atoms with Crippen molar-refractivity contribution in [3.8, 4) is 22.4 Å². The second-order valence-electron chi connectivity index (χ2n) is 6.51. The smallest absolute Gasteiger partial charge is 0.137 e. The lowest BCUT2D eigenvalue weighted by atomic mass is 10.1. The van der Waals surface area contributed by atoms with E-state index in [1.807, 2.05) is 41.8 Å². The fraction of sp³-hybridized carbons (Fsp3) is 0.143. The molecule has 0 spiro atoms. The molecular weight excluding hydrogens is 327 g/mol. The molecule has 0 aliphatic rings. The van der Waals surface area contributed by atoms with E-state index in [9.17, 15) is 4.39 Å². The summed E-state index contributed by atoms with van der Waals surface area (Å²) in [7, 11) is 0. The Morgan fingerprint density at radius 3 is 2.69 bits per heavy atom. The van der Waals surface area contributed by atoms with Crippen molar-refractivity contribution < 1.29 is 4.39 Å². The summed E-state index contributed by atoms with van der Waals surface area (Å²) in [5.41, 5.74) is 11.5. The Labute approximate surface area is 151 Å². The van der Waals surface area contributed by atoms with Gasteiger partial charge in [0, 0.05) is 36.1 Å². The van der Waals surface area contributed by atoms with Crippen LogP contribution in [0.2, 0.25) is 0 Å². The first kappa shape index (κ1) is 16.4. The molecule has 0 bridgehead atoms. The SMILES string of the molecule is CC(N)Cc1cc(-c2ccn3c(-c4cccc(F)c4)cnc3c2)ccn1. The van der Waals surface area contributed by atoms with Crippen molar-refractivity contribution in [3.63, 3.8) is 0 Å². The van der Waals surface area contributed by atoms with Crippen LogP contribution in [-0.4, -0.2) is 20.4 Å². The standard InChI is InChI=1S/C21H19FN4/c1-14(23)9-19-11-15(5-7-24-19)16-6-8-26-20(13-25-21(26)12-16)17-3-2-4-18(22)10-17/h2-8,10-14H,9,23H2,1H3. The Kier molecular flexibility index (Phi) is 4.22. The third-order valence-electron chi connectivity index (χ3n) is 4.31. The number of nitrogens with two attached hydrogens (primary N) is 1. The van der Waals surface area contributed by atoms with E-state index in [2.05, 4.69) is 16.0 Å². The molecule has 0 fully saturated rings. The Morgan fingerprint density at radius 1 is 1.04 bits per heavy atom. The minimum atomic E-state index is -0.257. The number of nitrogens with zero attached hydrogens (tertiary/aromatic N) is 3. The van der Waals surface area contributed by atoms with Crippen molar-refractivity contribution in [1.29, 1.82) is 0 Å². The van der Waals surface area contributed by atoms with E-state index < -0.39 is 0 Å². The van der Waals surface area contributed by atoms with E-state index in [0.717, 1.165) is 40.1 Å². The van der Waals surface area contributed by atoms with Gasteiger partial charge in [-0.1, -0.05) is 12.1 Å². The van der Waals surface area contributed by atoms with Gasteiger partial charge in [0.2, 0.25) is 0 Å². The number of hydrogen-bond acceptors (Lipinski definition) is 3. The highest BCUT2D eigenvalue weighted by molar-refractivity contribution is 5.70. The van der Waals surface area contributed by atoms with Gasteiger partial charge in [-0.15, -0.1) is 0 Å². The van der Waals surface area contributed by atoms with E-state index in [1.54, 1.807) is 18.5 Å². The quantitative estimate of drug-likeness (QED) is 0.605. The van der Waals surface area contributed by atoms with Gasteiger partial charge in [-0.2, -0.15) is 0 Å². The Hall–Kier alpha value is -3.05. The average Bonchev–Trinajstić information content (AvgIpc) is 3.04. The minimum absolute atomic E-state index is 0.0707. The van der Waals surface area contributed by atoms with Crippen LogP contribution >= 0.6 is 0 Å². The zero-order chi connectivity index (χ0) is 18.1. The molecule has 4 nitrogen and oxygen atoms in total. The number of pyridine rings is 2. The van der Waals surface area contributed by atoms with Crippen molar-refractivity contribution in [1.82, 2.24) is 14.4 Å². The van der Waals surface area contributed by atoms with Gasteiger partial charge in [0.15, 0.2) is 0 Å². The summed E-state index contributed by atoms with van der Waals surface area (Å²) in [6.07, 6.45) is 6.27. The molecule has 1 atom stereocenters. The second-order valence-corrected chi connectivity index (χ2v) is 6.51. The van der Waals surface area contributed by atoms with Crippen LogP contribution in [0.1, 0.15) is 12.6 Å². The Bertz CT molecular complexity index is 1070. The summed E-state index contributed by atoms with van der Waals surface area (Å²) in [6, 6.07) is 14.7. The normalized spacial score (nSPS) is 12.4. The van der Waals surface area contributed by atoms with Crippen LogP contribution in [0.15, 0.2) is 67.1 Å². The lowest BCUT2D eigenvalue weighted by molar-refractivity contribution is 0.628. The molecule has 130 valence electrons. The van der Waals surface area contributed by atoms with Crippen LogP contribution in [-0.2, 0) is 6.42 Å². The largest absolute Gasteiger partial charge is 0.328 e. The summed E-state index contributed by atoms with van der Waals surface area (Å²) >= 11 is 0. The van der Waals surface area contributed by atoms with E-state index >= 15 is 0 Å². The van der Waals surface area contributed by atoms with E-state index in [0.29, 0.717) is 0 Å². The molecule has 1 unspecified atom stereocenters. The summed E-state index contributed by atoms with van der Waals surface area (Å²) in [5, 5.41) is 0. The fourth-order valence-electron chi connectivity index (χ4n) is 3.12.